The summed E-state index contributed by atoms with van der Waals surface area (Å²) in [6, 6.07) is 0. The molecule has 0 aliphatic carbocycles. The minimum Gasteiger partial charge on any atom is -0.481 e. The number of carboxylic acids is 1. The topological polar surface area (TPSA) is 75.4 Å². The number of carbonyl (C=O) groups is 2. The maximum atomic E-state index is 11.8. The molecular formula is C13H19N3O3. The molecule has 0 radical (unpaired) electrons. The van der Waals surface area contributed by atoms with E-state index in [4.69, 9.17) is 5.11 Å². The molecule has 19 heavy (non-hydrogen) atoms. The molecule has 1 fully saturated rings. The van der Waals surface area contributed by atoms with Crippen LogP contribution in [0.3, 0.4) is 0 Å². The van der Waals surface area contributed by atoms with Crippen molar-refractivity contribution in [2.24, 2.45) is 11.3 Å². The molecule has 1 saturated heterocycles. The summed E-state index contributed by atoms with van der Waals surface area (Å²) in [7, 11) is 0. The van der Waals surface area contributed by atoms with Gasteiger partial charge in [0.25, 0.3) is 0 Å². The number of anilines is 1. The molecule has 0 spiro atoms. The zero-order chi connectivity index (χ0) is 14.2. The Hall–Kier alpha value is -1.85. The maximum absolute atomic E-state index is 11.8. The van der Waals surface area contributed by atoms with E-state index in [0.29, 0.717) is 5.69 Å². The number of carboxylic acid groups (broad SMARTS) is 1. The van der Waals surface area contributed by atoms with Crippen LogP contribution in [-0.2, 0) is 16.1 Å². The number of amides is 1. The molecule has 6 nitrogen and oxygen atoms in total. The standard InChI is InChI=1S/C13H19N3O3/c1-13(2,3)8-15-7-10(5-14-15)16-6-9(12(18)19)4-11(16)17/h5,7,9H,4,6,8H2,1-3H3,(H,18,19). The molecule has 1 N–H and O–H groups in total. The summed E-state index contributed by atoms with van der Waals surface area (Å²) in [6.45, 7) is 7.30. The van der Waals surface area contributed by atoms with Gasteiger partial charge in [-0.2, -0.15) is 5.10 Å². The summed E-state index contributed by atoms with van der Waals surface area (Å²) >= 11 is 0. The first-order valence-corrected chi connectivity index (χ1v) is 6.32. The number of hydrogen-bond acceptors (Lipinski definition) is 3. The summed E-state index contributed by atoms with van der Waals surface area (Å²) in [5.74, 6) is -1.68. The lowest BCUT2D eigenvalue weighted by Crippen LogP contribution is -2.25. The van der Waals surface area contributed by atoms with E-state index >= 15 is 0 Å². The van der Waals surface area contributed by atoms with Gasteiger partial charge in [-0.1, -0.05) is 20.8 Å². The third kappa shape index (κ3) is 3.13. The average Bonchev–Trinajstić information content (AvgIpc) is 2.82. The molecule has 1 aliphatic rings. The molecule has 2 heterocycles. The SMILES string of the molecule is CC(C)(C)Cn1cc(N2CC(C(=O)O)CC2=O)cn1. The highest BCUT2D eigenvalue weighted by Gasteiger charge is 2.35. The van der Waals surface area contributed by atoms with Crippen molar-refractivity contribution in [1.82, 2.24) is 9.78 Å². The molecule has 1 aliphatic heterocycles. The molecule has 6 heteroatoms. The smallest absolute Gasteiger partial charge is 0.308 e. The summed E-state index contributed by atoms with van der Waals surface area (Å²) in [4.78, 5) is 24.2. The van der Waals surface area contributed by atoms with Crippen molar-refractivity contribution in [3.8, 4) is 0 Å². The van der Waals surface area contributed by atoms with Gasteiger partial charge < -0.3 is 10.0 Å². The Morgan fingerprint density at radius 2 is 2.21 bits per heavy atom. The predicted octanol–water partition coefficient (Wildman–Crippen LogP) is 1.37. The fourth-order valence-corrected chi connectivity index (χ4v) is 2.19. The minimum atomic E-state index is -0.919. The highest BCUT2D eigenvalue weighted by Crippen LogP contribution is 2.25. The van der Waals surface area contributed by atoms with Gasteiger partial charge in [0, 0.05) is 25.7 Å². The van der Waals surface area contributed by atoms with Gasteiger partial charge in [-0.05, 0) is 5.41 Å². The largest absolute Gasteiger partial charge is 0.481 e. The van der Waals surface area contributed by atoms with Gasteiger partial charge in [-0.15, -0.1) is 0 Å². The summed E-state index contributed by atoms with van der Waals surface area (Å²) in [5, 5.41) is 13.2. The van der Waals surface area contributed by atoms with Crippen LogP contribution in [0.1, 0.15) is 27.2 Å². The second-order valence-electron chi connectivity index (χ2n) is 6.20. The molecule has 1 amide bonds. The highest BCUT2D eigenvalue weighted by molar-refractivity contribution is 5.98. The van der Waals surface area contributed by atoms with Gasteiger partial charge in [0.1, 0.15) is 0 Å². The number of aliphatic carboxylic acids is 1. The van der Waals surface area contributed by atoms with Crippen LogP contribution >= 0.6 is 0 Å². The predicted molar refractivity (Wildman–Crippen MR) is 69.8 cm³/mol. The van der Waals surface area contributed by atoms with Crippen LogP contribution in [0.15, 0.2) is 12.4 Å². The molecule has 1 atom stereocenters. The normalized spacial score (nSPS) is 20.1. The Morgan fingerprint density at radius 1 is 1.53 bits per heavy atom. The van der Waals surface area contributed by atoms with Gasteiger partial charge in [0.2, 0.25) is 5.91 Å². The first kappa shape index (κ1) is 13.6. The Balaban J connectivity index is 2.11. The molecule has 0 bridgehead atoms. The Morgan fingerprint density at radius 3 is 2.74 bits per heavy atom. The lowest BCUT2D eigenvalue weighted by molar-refractivity contribution is -0.141. The molecule has 1 aromatic rings. The molecular weight excluding hydrogens is 246 g/mol. The van der Waals surface area contributed by atoms with E-state index < -0.39 is 11.9 Å². The molecule has 0 saturated carbocycles. The van der Waals surface area contributed by atoms with E-state index in [2.05, 4.69) is 25.9 Å². The van der Waals surface area contributed by atoms with E-state index in [9.17, 15) is 9.59 Å². The third-order valence-electron chi connectivity index (χ3n) is 3.04. The van der Waals surface area contributed by atoms with E-state index in [1.54, 1.807) is 17.1 Å². The van der Waals surface area contributed by atoms with Crippen molar-refractivity contribution in [2.45, 2.75) is 33.7 Å². The lowest BCUT2D eigenvalue weighted by Gasteiger charge is -2.18. The van der Waals surface area contributed by atoms with Gasteiger partial charge in [0.15, 0.2) is 0 Å². The number of rotatable bonds is 3. The summed E-state index contributed by atoms with van der Waals surface area (Å²) in [5.41, 5.74) is 0.778. The van der Waals surface area contributed by atoms with Crippen LogP contribution in [0, 0.1) is 11.3 Å². The molecule has 1 aromatic heterocycles. The van der Waals surface area contributed by atoms with Crippen molar-refractivity contribution < 1.29 is 14.7 Å². The summed E-state index contributed by atoms with van der Waals surface area (Å²) < 4.78 is 1.79. The molecule has 2 rings (SSSR count). The Labute approximate surface area is 112 Å². The zero-order valence-corrected chi connectivity index (χ0v) is 11.5. The van der Waals surface area contributed by atoms with Crippen LogP contribution < -0.4 is 4.90 Å². The number of aromatic nitrogens is 2. The van der Waals surface area contributed by atoms with Crippen molar-refractivity contribution in [1.29, 1.82) is 0 Å². The minimum absolute atomic E-state index is 0.0692. The summed E-state index contributed by atoms with van der Waals surface area (Å²) in [6.07, 6.45) is 3.49. The molecule has 1 unspecified atom stereocenters. The third-order valence-corrected chi connectivity index (χ3v) is 3.04. The van der Waals surface area contributed by atoms with Gasteiger partial charge in [-0.25, -0.2) is 0 Å². The van der Waals surface area contributed by atoms with Crippen molar-refractivity contribution in [2.75, 3.05) is 11.4 Å². The maximum Gasteiger partial charge on any atom is 0.308 e. The first-order chi connectivity index (χ1) is 8.76. The Bertz CT molecular complexity index is 501. The van der Waals surface area contributed by atoms with Crippen molar-refractivity contribution in [3.05, 3.63) is 12.4 Å². The second kappa shape index (κ2) is 4.68. The van der Waals surface area contributed by atoms with Gasteiger partial charge in [-0.3, -0.25) is 14.3 Å². The van der Waals surface area contributed by atoms with Crippen LogP contribution in [0.25, 0.3) is 0 Å². The highest BCUT2D eigenvalue weighted by atomic mass is 16.4. The van der Waals surface area contributed by atoms with Crippen molar-refractivity contribution in [3.63, 3.8) is 0 Å². The van der Waals surface area contributed by atoms with Gasteiger partial charge in [0.05, 0.1) is 17.8 Å². The molecule has 104 valence electrons. The van der Waals surface area contributed by atoms with Crippen molar-refractivity contribution >= 4 is 17.6 Å². The van der Waals surface area contributed by atoms with Gasteiger partial charge >= 0.3 is 5.97 Å². The Kier molecular flexibility index (Phi) is 3.34. The fraction of sp³-hybridized carbons (Fsp3) is 0.615. The number of nitrogens with zero attached hydrogens (tertiary/aromatic N) is 3. The monoisotopic (exact) mass is 265 g/mol. The van der Waals surface area contributed by atoms with Crippen LogP contribution in [0.2, 0.25) is 0 Å². The fourth-order valence-electron chi connectivity index (χ4n) is 2.19. The van der Waals surface area contributed by atoms with Crippen LogP contribution in [-0.4, -0.2) is 33.3 Å². The average molecular weight is 265 g/mol. The van der Waals surface area contributed by atoms with E-state index in [1.165, 1.54) is 4.90 Å². The van der Waals surface area contributed by atoms with Crippen LogP contribution in [0.5, 0.6) is 0 Å². The van der Waals surface area contributed by atoms with E-state index in [0.717, 1.165) is 6.54 Å². The van der Waals surface area contributed by atoms with E-state index in [1.807, 2.05) is 0 Å². The quantitative estimate of drug-likeness (QED) is 0.895. The van der Waals surface area contributed by atoms with Crippen LogP contribution in [0.4, 0.5) is 5.69 Å². The van der Waals surface area contributed by atoms with E-state index in [-0.39, 0.29) is 24.3 Å². The zero-order valence-electron chi connectivity index (χ0n) is 11.5. The second-order valence-corrected chi connectivity index (χ2v) is 6.20. The lowest BCUT2D eigenvalue weighted by atomic mass is 9.97. The number of hydrogen-bond donors (Lipinski definition) is 1. The first-order valence-electron chi connectivity index (χ1n) is 6.32. The molecule has 0 aromatic carbocycles. The number of carbonyl (C=O) groups excluding carboxylic acids is 1.